The summed E-state index contributed by atoms with van der Waals surface area (Å²) in [5.41, 5.74) is 0.420. The number of anilines is 1. The van der Waals surface area contributed by atoms with E-state index in [1.807, 2.05) is 0 Å². The summed E-state index contributed by atoms with van der Waals surface area (Å²) in [5, 5.41) is 0. The number of hydrogen-bond acceptors (Lipinski definition) is 6. The number of carbonyl (C=O) groups is 1. The lowest BCUT2D eigenvalue weighted by molar-refractivity contribution is -0.145. The molecule has 134 valence electrons. The van der Waals surface area contributed by atoms with Crippen molar-refractivity contribution >= 4 is 21.7 Å². The first-order valence-electron chi connectivity index (χ1n) is 7.50. The molecule has 0 heterocycles. The summed E-state index contributed by atoms with van der Waals surface area (Å²) in [5.74, 6) is 0.517. The molecule has 0 atom stereocenters. The Morgan fingerprint density at radius 3 is 2.16 bits per heavy atom. The molecule has 0 aliphatic heterocycles. The molecule has 0 unspecified atom stereocenters. The van der Waals surface area contributed by atoms with E-state index < -0.39 is 16.0 Å². The number of carbonyl (C=O) groups excluding carboxylic acids is 1. The maximum atomic E-state index is 12.4. The van der Waals surface area contributed by atoms with Crippen LogP contribution < -0.4 is 14.2 Å². The van der Waals surface area contributed by atoms with Gasteiger partial charge in [-0.15, -0.1) is 0 Å². The number of rotatable bonds is 8. The van der Waals surface area contributed by atoms with E-state index in [1.165, 1.54) is 31.4 Å². The zero-order valence-electron chi connectivity index (χ0n) is 13.9. The van der Waals surface area contributed by atoms with Crippen molar-refractivity contribution in [3.8, 4) is 11.5 Å². The third-order valence-electron chi connectivity index (χ3n) is 3.14. The molecule has 2 aromatic rings. The van der Waals surface area contributed by atoms with Crippen molar-refractivity contribution in [2.24, 2.45) is 0 Å². The van der Waals surface area contributed by atoms with Gasteiger partial charge in [-0.3, -0.25) is 4.72 Å². The minimum Gasteiger partial charge on any atom is -0.497 e. The van der Waals surface area contributed by atoms with Crippen LogP contribution in [-0.4, -0.2) is 34.7 Å². The molecule has 2 aromatic carbocycles. The van der Waals surface area contributed by atoms with Gasteiger partial charge in [0.05, 0.1) is 18.6 Å². The van der Waals surface area contributed by atoms with Crippen LogP contribution in [0.4, 0.5) is 5.69 Å². The molecule has 0 aliphatic rings. The third kappa shape index (κ3) is 5.39. The lowest BCUT2D eigenvalue weighted by Crippen LogP contribution is -2.15. The van der Waals surface area contributed by atoms with Crippen molar-refractivity contribution in [2.45, 2.75) is 11.8 Å². The van der Waals surface area contributed by atoms with Crippen LogP contribution in [0.1, 0.15) is 6.92 Å². The van der Waals surface area contributed by atoms with E-state index in [2.05, 4.69) is 4.72 Å². The fourth-order valence-electron chi connectivity index (χ4n) is 1.93. The van der Waals surface area contributed by atoms with Gasteiger partial charge in [0.1, 0.15) is 11.5 Å². The second kappa shape index (κ2) is 8.39. The molecule has 25 heavy (non-hydrogen) atoms. The predicted octanol–water partition coefficient (Wildman–Crippen LogP) is 2.44. The van der Waals surface area contributed by atoms with Crippen molar-refractivity contribution in [3.05, 3.63) is 48.5 Å². The van der Waals surface area contributed by atoms with Gasteiger partial charge in [-0.05, 0) is 55.5 Å². The van der Waals surface area contributed by atoms with Crippen LogP contribution in [0.5, 0.6) is 11.5 Å². The first-order chi connectivity index (χ1) is 11.9. The lowest BCUT2D eigenvalue weighted by Gasteiger charge is -2.10. The molecule has 0 aromatic heterocycles. The summed E-state index contributed by atoms with van der Waals surface area (Å²) in [4.78, 5) is 11.3. The van der Waals surface area contributed by atoms with Crippen LogP contribution in [0.15, 0.2) is 53.4 Å². The Bertz CT molecular complexity index is 800. The molecule has 1 N–H and O–H groups in total. The van der Waals surface area contributed by atoms with E-state index >= 15 is 0 Å². The smallest absolute Gasteiger partial charge is 0.344 e. The van der Waals surface area contributed by atoms with Gasteiger partial charge < -0.3 is 14.2 Å². The maximum Gasteiger partial charge on any atom is 0.344 e. The van der Waals surface area contributed by atoms with Gasteiger partial charge in [0.25, 0.3) is 10.0 Å². The van der Waals surface area contributed by atoms with Crippen LogP contribution in [0.3, 0.4) is 0 Å². The predicted molar refractivity (Wildman–Crippen MR) is 92.4 cm³/mol. The summed E-state index contributed by atoms with van der Waals surface area (Å²) < 4.78 is 42.2. The molecule has 0 radical (unpaired) electrons. The standard InChI is InChI=1S/C17H19NO6S/c1-3-23-17(19)12-24-15-8-10-16(11-9-15)25(20,21)18-13-4-6-14(22-2)7-5-13/h4-11,18H,3,12H2,1-2H3. The monoisotopic (exact) mass is 365 g/mol. The first-order valence-corrected chi connectivity index (χ1v) is 8.98. The van der Waals surface area contributed by atoms with Gasteiger partial charge in [-0.25, -0.2) is 13.2 Å². The Labute approximate surface area is 146 Å². The molecule has 7 nitrogen and oxygen atoms in total. The van der Waals surface area contributed by atoms with Crippen molar-refractivity contribution < 1.29 is 27.4 Å². The van der Waals surface area contributed by atoms with E-state index in [4.69, 9.17) is 14.2 Å². The molecular formula is C17H19NO6S. The molecule has 0 saturated carbocycles. The highest BCUT2D eigenvalue weighted by molar-refractivity contribution is 7.92. The minimum atomic E-state index is -3.73. The summed E-state index contributed by atoms with van der Waals surface area (Å²) in [6.07, 6.45) is 0. The van der Waals surface area contributed by atoms with E-state index in [9.17, 15) is 13.2 Å². The number of nitrogens with one attached hydrogen (secondary N) is 1. The van der Waals surface area contributed by atoms with Crippen LogP contribution in [-0.2, 0) is 19.6 Å². The highest BCUT2D eigenvalue weighted by Crippen LogP contribution is 2.21. The Kier molecular flexibility index (Phi) is 6.24. The zero-order valence-corrected chi connectivity index (χ0v) is 14.7. The normalized spacial score (nSPS) is 10.8. The lowest BCUT2D eigenvalue weighted by atomic mass is 10.3. The van der Waals surface area contributed by atoms with Gasteiger partial charge in [0.15, 0.2) is 6.61 Å². The van der Waals surface area contributed by atoms with Gasteiger partial charge in [0, 0.05) is 5.69 Å². The number of methoxy groups -OCH3 is 1. The average Bonchev–Trinajstić information content (AvgIpc) is 2.61. The summed E-state index contributed by atoms with van der Waals surface area (Å²) in [6, 6.07) is 12.3. The Balaban J connectivity index is 2.02. The number of hydrogen-bond donors (Lipinski definition) is 1. The second-order valence-electron chi connectivity index (χ2n) is 4.90. The topological polar surface area (TPSA) is 90.9 Å². The van der Waals surface area contributed by atoms with E-state index in [-0.39, 0.29) is 18.1 Å². The minimum absolute atomic E-state index is 0.0757. The van der Waals surface area contributed by atoms with Crippen molar-refractivity contribution in [2.75, 3.05) is 25.0 Å². The van der Waals surface area contributed by atoms with Crippen molar-refractivity contribution in [1.29, 1.82) is 0 Å². The van der Waals surface area contributed by atoms with Gasteiger partial charge >= 0.3 is 5.97 Å². The molecule has 0 fully saturated rings. The molecular weight excluding hydrogens is 346 g/mol. The molecule has 0 bridgehead atoms. The molecule has 0 saturated heterocycles. The Hall–Kier alpha value is -2.74. The largest absolute Gasteiger partial charge is 0.497 e. The fourth-order valence-corrected chi connectivity index (χ4v) is 2.99. The first kappa shape index (κ1) is 18.6. The average molecular weight is 365 g/mol. The number of sulfonamides is 1. The second-order valence-corrected chi connectivity index (χ2v) is 6.58. The maximum absolute atomic E-state index is 12.4. The highest BCUT2D eigenvalue weighted by atomic mass is 32.2. The van der Waals surface area contributed by atoms with Crippen LogP contribution >= 0.6 is 0 Å². The zero-order chi connectivity index (χ0) is 18.3. The summed E-state index contributed by atoms with van der Waals surface area (Å²) in [6.45, 7) is 1.74. The molecule has 0 aliphatic carbocycles. The van der Waals surface area contributed by atoms with E-state index in [0.717, 1.165) is 0 Å². The fraction of sp³-hybridized carbons (Fsp3) is 0.235. The van der Waals surface area contributed by atoms with Gasteiger partial charge in [0.2, 0.25) is 0 Å². The van der Waals surface area contributed by atoms with Gasteiger partial charge in [-0.2, -0.15) is 0 Å². The van der Waals surface area contributed by atoms with Crippen molar-refractivity contribution in [1.82, 2.24) is 0 Å². The molecule has 0 spiro atoms. The number of benzene rings is 2. The van der Waals surface area contributed by atoms with Crippen LogP contribution in [0.25, 0.3) is 0 Å². The molecule has 2 rings (SSSR count). The summed E-state index contributed by atoms with van der Waals surface area (Å²) >= 11 is 0. The Morgan fingerprint density at radius 2 is 1.60 bits per heavy atom. The van der Waals surface area contributed by atoms with Crippen LogP contribution in [0.2, 0.25) is 0 Å². The SMILES string of the molecule is CCOC(=O)COc1ccc(S(=O)(=O)Nc2ccc(OC)cc2)cc1. The Morgan fingerprint density at radius 1 is 1.00 bits per heavy atom. The number of esters is 1. The van der Waals surface area contributed by atoms with Crippen LogP contribution in [0, 0.1) is 0 Å². The highest BCUT2D eigenvalue weighted by Gasteiger charge is 2.14. The van der Waals surface area contributed by atoms with Crippen molar-refractivity contribution in [3.63, 3.8) is 0 Å². The third-order valence-corrected chi connectivity index (χ3v) is 4.54. The van der Waals surface area contributed by atoms with E-state index in [0.29, 0.717) is 17.2 Å². The summed E-state index contributed by atoms with van der Waals surface area (Å²) in [7, 11) is -2.20. The molecule has 0 amide bonds. The quantitative estimate of drug-likeness (QED) is 0.723. The van der Waals surface area contributed by atoms with E-state index in [1.54, 1.807) is 31.2 Å². The number of ether oxygens (including phenoxy) is 3. The molecule has 8 heteroatoms. The van der Waals surface area contributed by atoms with Gasteiger partial charge in [-0.1, -0.05) is 0 Å².